The molecule has 1 amide bonds. The first kappa shape index (κ1) is 14.9. The summed E-state index contributed by atoms with van der Waals surface area (Å²) in [5.41, 5.74) is 0. The zero-order chi connectivity index (χ0) is 14.2. The standard InChI is InChI=1S/C16H24N2O2/c1-14(19)18-11-8-15(9-12-18)17-10-5-13-20-16-6-3-2-4-7-16/h2-4,6-7,15,17H,5,8-13H2,1H3. The highest BCUT2D eigenvalue weighted by molar-refractivity contribution is 5.73. The molecule has 1 heterocycles. The SMILES string of the molecule is CC(=O)N1CCC(NCCCOc2ccccc2)CC1. The molecule has 1 aliphatic heterocycles. The smallest absolute Gasteiger partial charge is 0.219 e. The number of benzene rings is 1. The van der Waals surface area contributed by atoms with Crippen LogP contribution in [0.3, 0.4) is 0 Å². The van der Waals surface area contributed by atoms with Crippen LogP contribution in [0.2, 0.25) is 0 Å². The van der Waals surface area contributed by atoms with Crippen LogP contribution < -0.4 is 10.1 Å². The molecule has 0 aliphatic carbocycles. The monoisotopic (exact) mass is 276 g/mol. The average Bonchev–Trinajstić information content (AvgIpc) is 2.48. The minimum Gasteiger partial charge on any atom is -0.494 e. The van der Waals surface area contributed by atoms with E-state index in [0.29, 0.717) is 6.04 Å². The minimum atomic E-state index is 0.194. The van der Waals surface area contributed by atoms with Crippen LogP contribution in [-0.4, -0.2) is 43.1 Å². The van der Waals surface area contributed by atoms with Crippen molar-refractivity contribution in [3.8, 4) is 5.75 Å². The van der Waals surface area contributed by atoms with Gasteiger partial charge in [0.1, 0.15) is 5.75 Å². The fourth-order valence-corrected chi connectivity index (χ4v) is 2.48. The number of rotatable bonds is 6. The van der Waals surface area contributed by atoms with E-state index < -0.39 is 0 Å². The van der Waals surface area contributed by atoms with Gasteiger partial charge < -0.3 is 15.0 Å². The topological polar surface area (TPSA) is 41.6 Å². The van der Waals surface area contributed by atoms with Gasteiger partial charge in [0.15, 0.2) is 0 Å². The lowest BCUT2D eigenvalue weighted by Gasteiger charge is -2.31. The summed E-state index contributed by atoms with van der Waals surface area (Å²) in [7, 11) is 0. The molecule has 4 heteroatoms. The van der Waals surface area contributed by atoms with Crippen molar-refractivity contribution in [2.45, 2.75) is 32.2 Å². The molecule has 1 aromatic carbocycles. The second-order valence-electron chi connectivity index (χ2n) is 5.25. The fraction of sp³-hybridized carbons (Fsp3) is 0.562. The van der Waals surface area contributed by atoms with Gasteiger partial charge in [0.05, 0.1) is 6.61 Å². The molecular weight excluding hydrogens is 252 g/mol. The van der Waals surface area contributed by atoms with E-state index in [0.717, 1.165) is 51.3 Å². The van der Waals surface area contributed by atoms with Crippen molar-refractivity contribution in [3.63, 3.8) is 0 Å². The molecule has 0 aromatic heterocycles. The van der Waals surface area contributed by atoms with Crippen molar-refractivity contribution < 1.29 is 9.53 Å². The van der Waals surface area contributed by atoms with Gasteiger partial charge >= 0.3 is 0 Å². The number of nitrogens with one attached hydrogen (secondary N) is 1. The lowest BCUT2D eigenvalue weighted by Crippen LogP contribution is -2.44. The van der Waals surface area contributed by atoms with E-state index in [1.165, 1.54) is 0 Å². The van der Waals surface area contributed by atoms with E-state index in [9.17, 15) is 4.79 Å². The predicted octanol–water partition coefficient (Wildman–Crippen LogP) is 2.06. The molecule has 0 bridgehead atoms. The van der Waals surface area contributed by atoms with E-state index in [1.807, 2.05) is 35.2 Å². The molecule has 110 valence electrons. The molecule has 0 unspecified atom stereocenters. The van der Waals surface area contributed by atoms with Crippen molar-refractivity contribution >= 4 is 5.91 Å². The maximum Gasteiger partial charge on any atom is 0.219 e. The van der Waals surface area contributed by atoms with Gasteiger partial charge in [-0.3, -0.25) is 4.79 Å². The number of hydrogen-bond acceptors (Lipinski definition) is 3. The lowest BCUT2D eigenvalue weighted by atomic mass is 10.1. The third kappa shape index (κ3) is 4.85. The zero-order valence-corrected chi connectivity index (χ0v) is 12.2. The zero-order valence-electron chi connectivity index (χ0n) is 12.2. The summed E-state index contributed by atoms with van der Waals surface area (Å²) < 4.78 is 5.65. The maximum atomic E-state index is 11.2. The molecule has 0 saturated carbocycles. The maximum absolute atomic E-state index is 11.2. The first-order chi connectivity index (χ1) is 9.75. The van der Waals surface area contributed by atoms with E-state index >= 15 is 0 Å². The molecule has 1 N–H and O–H groups in total. The Hall–Kier alpha value is -1.55. The summed E-state index contributed by atoms with van der Waals surface area (Å²) in [6.07, 6.45) is 3.11. The number of para-hydroxylation sites is 1. The summed E-state index contributed by atoms with van der Waals surface area (Å²) >= 11 is 0. The number of carbonyl (C=O) groups excluding carboxylic acids is 1. The van der Waals surface area contributed by atoms with Crippen molar-refractivity contribution in [1.82, 2.24) is 10.2 Å². The first-order valence-corrected chi connectivity index (χ1v) is 7.42. The Morgan fingerprint density at radius 1 is 1.30 bits per heavy atom. The molecule has 1 fully saturated rings. The summed E-state index contributed by atoms with van der Waals surface area (Å²) in [5.74, 6) is 1.13. The van der Waals surface area contributed by atoms with E-state index in [2.05, 4.69) is 5.32 Å². The second-order valence-corrected chi connectivity index (χ2v) is 5.25. The number of amides is 1. The Bertz CT molecular complexity index is 400. The van der Waals surface area contributed by atoms with Gasteiger partial charge in [-0.2, -0.15) is 0 Å². The normalized spacial score (nSPS) is 16.1. The molecule has 1 aliphatic rings. The number of likely N-dealkylation sites (tertiary alicyclic amines) is 1. The minimum absolute atomic E-state index is 0.194. The van der Waals surface area contributed by atoms with Gasteiger partial charge in [-0.05, 0) is 37.9 Å². The molecule has 0 atom stereocenters. The van der Waals surface area contributed by atoms with Crippen LogP contribution in [-0.2, 0) is 4.79 Å². The van der Waals surface area contributed by atoms with Gasteiger partial charge in [0.2, 0.25) is 5.91 Å². The Labute approximate surface area is 121 Å². The Balaban J connectivity index is 1.53. The van der Waals surface area contributed by atoms with Crippen LogP contribution >= 0.6 is 0 Å². The molecule has 0 spiro atoms. The van der Waals surface area contributed by atoms with Gasteiger partial charge in [0.25, 0.3) is 0 Å². The summed E-state index contributed by atoms with van der Waals surface area (Å²) in [6, 6.07) is 10.5. The van der Waals surface area contributed by atoms with Crippen molar-refractivity contribution in [3.05, 3.63) is 30.3 Å². The van der Waals surface area contributed by atoms with Crippen LogP contribution in [0.15, 0.2) is 30.3 Å². The third-order valence-corrected chi connectivity index (χ3v) is 3.71. The molecule has 1 aromatic rings. The van der Waals surface area contributed by atoms with Crippen LogP contribution in [0.25, 0.3) is 0 Å². The van der Waals surface area contributed by atoms with Crippen LogP contribution in [0.1, 0.15) is 26.2 Å². The van der Waals surface area contributed by atoms with Gasteiger partial charge in [0, 0.05) is 26.1 Å². The van der Waals surface area contributed by atoms with Crippen LogP contribution in [0.4, 0.5) is 0 Å². The second kappa shape index (κ2) is 7.90. The highest BCUT2D eigenvalue weighted by atomic mass is 16.5. The average molecular weight is 276 g/mol. The Kier molecular flexibility index (Phi) is 5.87. The van der Waals surface area contributed by atoms with Gasteiger partial charge in [-0.15, -0.1) is 0 Å². The molecule has 20 heavy (non-hydrogen) atoms. The van der Waals surface area contributed by atoms with Crippen LogP contribution in [0, 0.1) is 0 Å². The van der Waals surface area contributed by atoms with Crippen molar-refractivity contribution in [2.24, 2.45) is 0 Å². The first-order valence-electron chi connectivity index (χ1n) is 7.42. The predicted molar refractivity (Wildman–Crippen MR) is 79.8 cm³/mol. The van der Waals surface area contributed by atoms with Gasteiger partial charge in [-0.1, -0.05) is 18.2 Å². The number of carbonyl (C=O) groups is 1. The molecule has 0 radical (unpaired) electrons. The summed E-state index contributed by atoms with van der Waals surface area (Å²) in [5, 5.41) is 3.55. The third-order valence-electron chi connectivity index (χ3n) is 3.71. The van der Waals surface area contributed by atoms with E-state index in [4.69, 9.17) is 4.74 Å². The summed E-state index contributed by atoms with van der Waals surface area (Å²) in [4.78, 5) is 13.2. The van der Waals surface area contributed by atoms with E-state index in [1.54, 1.807) is 6.92 Å². The lowest BCUT2D eigenvalue weighted by molar-refractivity contribution is -0.129. The highest BCUT2D eigenvalue weighted by Crippen LogP contribution is 2.11. The number of piperidine rings is 1. The number of hydrogen-bond donors (Lipinski definition) is 1. The highest BCUT2D eigenvalue weighted by Gasteiger charge is 2.19. The Morgan fingerprint density at radius 2 is 2.00 bits per heavy atom. The van der Waals surface area contributed by atoms with Crippen molar-refractivity contribution in [1.29, 1.82) is 0 Å². The van der Waals surface area contributed by atoms with E-state index in [-0.39, 0.29) is 5.91 Å². The Morgan fingerprint density at radius 3 is 2.65 bits per heavy atom. The van der Waals surface area contributed by atoms with Gasteiger partial charge in [-0.25, -0.2) is 0 Å². The molecular formula is C16H24N2O2. The van der Waals surface area contributed by atoms with Crippen molar-refractivity contribution in [2.75, 3.05) is 26.2 Å². The quantitative estimate of drug-likeness (QED) is 0.809. The molecule has 2 rings (SSSR count). The largest absolute Gasteiger partial charge is 0.494 e. The fourth-order valence-electron chi connectivity index (χ4n) is 2.48. The summed E-state index contributed by atoms with van der Waals surface area (Å²) in [6.45, 7) is 5.12. The number of nitrogens with zero attached hydrogens (tertiary/aromatic N) is 1. The molecule has 4 nitrogen and oxygen atoms in total. The molecule has 1 saturated heterocycles. The van der Waals surface area contributed by atoms with Crippen LogP contribution in [0.5, 0.6) is 5.75 Å². The number of ether oxygens (including phenoxy) is 1.